The molecule has 3 amide bonds. The third-order valence-electron chi connectivity index (χ3n) is 8.02. The first-order chi connectivity index (χ1) is 19.9. The van der Waals surface area contributed by atoms with Crippen molar-refractivity contribution in [1.29, 1.82) is 0 Å². The minimum atomic E-state index is -0.149. The molecule has 3 aromatic carbocycles. The van der Waals surface area contributed by atoms with Crippen LogP contribution in [0.4, 0.5) is 11.4 Å². The number of hydrogen-bond acceptors (Lipinski definition) is 5. The lowest BCUT2D eigenvalue weighted by atomic mass is 9.91. The average Bonchev–Trinajstić information content (AvgIpc) is 2.98. The summed E-state index contributed by atoms with van der Waals surface area (Å²) >= 11 is 0. The van der Waals surface area contributed by atoms with Crippen molar-refractivity contribution >= 4 is 29.1 Å². The zero-order valence-corrected chi connectivity index (χ0v) is 23.6. The van der Waals surface area contributed by atoms with E-state index >= 15 is 0 Å². The molecule has 4 N–H and O–H groups in total. The molecule has 0 radical (unpaired) electrons. The molecule has 8 heteroatoms. The second-order valence-electron chi connectivity index (χ2n) is 11.2. The van der Waals surface area contributed by atoms with Gasteiger partial charge in [0.25, 0.3) is 11.8 Å². The predicted octanol–water partition coefficient (Wildman–Crippen LogP) is 4.14. The number of hydrogen-bond donors (Lipinski definition) is 3. The Hall–Kier alpha value is -4.17. The Balaban J connectivity index is 1.31. The highest BCUT2D eigenvalue weighted by molar-refractivity contribution is 6.00. The minimum absolute atomic E-state index is 0.0282. The highest BCUT2D eigenvalue weighted by Crippen LogP contribution is 2.29. The molecule has 0 spiro atoms. The van der Waals surface area contributed by atoms with E-state index in [-0.39, 0.29) is 36.2 Å². The molecule has 5 rings (SSSR count). The lowest BCUT2D eigenvalue weighted by Crippen LogP contribution is -2.49. The summed E-state index contributed by atoms with van der Waals surface area (Å²) in [6.45, 7) is 4.35. The molecule has 41 heavy (non-hydrogen) atoms. The number of amides is 3. The van der Waals surface area contributed by atoms with Crippen LogP contribution in [0.3, 0.4) is 0 Å². The van der Waals surface area contributed by atoms with Gasteiger partial charge in [-0.15, -0.1) is 0 Å². The number of nitrogens with two attached hydrogens (primary N) is 1. The van der Waals surface area contributed by atoms with Crippen molar-refractivity contribution in [1.82, 2.24) is 10.2 Å². The highest BCUT2D eigenvalue weighted by Gasteiger charge is 2.26. The summed E-state index contributed by atoms with van der Waals surface area (Å²) in [6, 6.07) is 23.1. The zero-order chi connectivity index (χ0) is 28.8. The molecule has 0 aromatic heterocycles. The van der Waals surface area contributed by atoms with E-state index in [9.17, 15) is 14.4 Å². The molecule has 1 saturated heterocycles. The van der Waals surface area contributed by atoms with E-state index in [1.807, 2.05) is 78.6 Å². The molecule has 2 aliphatic rings. The Labute approximate surface area is 241 Å². The number of aryl methyl sites for hydroxylation is 1. The van der Waals surface area contributed by atoms with Gasteiger partial charge >= 0.3 is 0 Å². The first kappa shape index (κ1) is 28.4. The van der Waals surface area contributed by atoms with Crippen LogP contribution < -0.4 is 21.3 Å². The van der Waals surface area contributed by atoms with E-state index in [1.54, 1.807) is 6.07 Å². The Bertz CT molecular complexity index is 1380. The third kappa shape index (κ3) is 7.32. The van der Waals surface area contributed by atoms with Crippen LogP contribution in [0.5, 0.6) is 0 Å². The van der Waals surface area contributed by atoms with E-state index in [4.69, 9.17) is 5.73 Å². The summed E-state index contributed by atoms with van der Waals surface area (Å²) in [6.07, 6.45) is 3.79. The van der Waals surface area contributed by atoms with Crippen molar-refractivity contribution in [3.05, 3.63) is 95.1 Å². The maximum absolute atomic E-state index is 13.2. The molecule has 3 aromatic rings. The van der Waals surface area contributed by atoms with Gasteiger partial charge in [-0.3, -0.25) is 14.4 Å². The van der Waals surface area contributed by atoms with Gasteiger partial charge in [-0.25, -0.2) is 0 Å². The molecular weight excluding hydrogens is 514 g/mol. The normalized spacial score (nSPS) is 19.0. The summed E-state index contributed by atoms with van der Waals surface area (Å²) in [7, 11) is 0. The summed E-state index contributed by atoms with van der Waals surface area (Å²) in [5.41, 5.74) is 10.6. The fourth-order valence-electron chi connectivity index (χ4n) is 5.67. The van der Waals surface area contributed by atoms with Gasteiger partial charge in [0.2, 0.25) is 5.91 Å². The second kappa shape index (κ2) is 13.0. The van der Waals surface area contributed by atoms with Gasteiger partial charge in [-0.2, -0.15) is 0 Å². The number of carbonyl (C=O) groups is 3. The van der Waals surface area contributed by atoms with Gasteiger partial charge in [0.1, 0.15) is 0 Å². The van der Waals surface area contributed by atoms with Crippen LogP contribution >= 0.6 is 0 Å². The van der Waals surface area contributed by atoms with Crippen molar-refractivity contribution < 1.29 is 14.4 Å². The molecule has 0 unspecified atom stereocenters. The molecule has 0 bridgehead atoms. The van der Waals surface area contributed by atoms with Crippen molar-refractivity contribution in [2.75, 3.05) is 36.4 Å². The molecule has 2 fully saturated rings. The molecule has 1 aliphatic heterocycles. The number of carbonyl (C=O) groups excluding carboxylic acids is 3. The topological polar surface area (TPSA) is 108 Å². The molecule has 1 saturated carbocycles. The van der Waals surface area contributed by atoms with Crippen molar-refractivity contribution in [3.63, 3.8) is 0 Å². The van der Waals surface area contributed by atoms with Gasteiger partial charge < -0.3 is 26.2 Å². The zero-order valence-electron chi connectivity index (χ0n) is 23.6. The van der Waals surface area contributed by atoms with Crippen molar-refractivity contribution in [2.45, 2.75) is 51.1 Å². The SMILES string of the molecule is Cc1cccc(C(=O)N2CCN(c3ccc(C(=O)NC4CCC(N)CC4)cc3NC(=O)Cc3ccccc3)CC2)c1. The van der Waals surface area contributed by atoms with Crippen LogP contribution in [0.1, 0.15) is 57.5 Å². The first-order valence-electron chi connectivity index (χ1n) is 14.5. The molecule has 1 heterocycles. The van der Waals surface area contributed by atoms with Crippen molar-refractivity contribution in [3.8, 4) is 0 Å². The van der Waals surface area contributed by atoms with E-state index in [1.165, 1.54) is 0 Å². The molecule has 214 valence electrons. The number of nitrogens with one attached hydrogen (secondary N) is 2. The van der Waals surface area contributed by atoms with Crippen LogP contribution in [0.25, 0.3) is 0 Å². The van der Waals surface area contributed by atoms with Crippen LogP contribution in [-0.2, 0) is 11.2 Å². The summed E-state index contributed by atoms with van der Waals surface area (Å²) in [5.74, 6) is -0.269. The monoisotopic (exact) mass is 553 g/mol. The molecule has 0 atom stereocenters. The van der Waals surface area contributed by atoms with Gasteiger partial charge in [0.05, 0.1) is 17.8 Å². The minimum Gasteiger partial charge on any atom is -0.366 e. The quantitative estimate of drug-likeness (QED) is 0.408. The van der Waals surface area contributed by atoms with E-state index in [0.717, 1.165) is 42.5 Å². The van der Waals surface area contributed by atoms with E-state index in [0.29, 0.717) is 43.0 Å². The molecule has 1 aliphatic carbocycles. The van der Waals surface area contributed by atoms with Gasteiger partial charge in [0, 0.05) is 49.4 Å². The molecule has 8 nitrogen and oxygen atoms in total. The largest absolute Gasteiger partial charge is 0.366 e. The lowest BCUT2D eigenvalue weighted by molar-refractivity contribution is -0.115. The average molecular weight is 554 g/mol. The summed E-state index contributed by atoms with van der Waals surface area (Å²) < 4.78 is 0. The number of piperazine rings is 1. The van der Waals surface area contributed by atoms with E-state index < -0.39 is 0 Å². The number of rotatable bonds is 7. The Morgan fingerprint density at radius 3 is 2.27 bits per heavy atom. The smallest absolute Gasteiger partial charge is 0.253 e. The standard InChI is InChI=1S/C33H39N5O3/c1-23-6-5-9-26(20-23)33(41)38-18-16-37(17-19-38)30-15-10-25(32(40)35-28-13-11-27(34)12-14-28)22-29(30)36-31(39)21-24-7-3-2-4-8-24/h2-10,15,20,22,27-28H,11-14,16-19,21,34H2,1H3,(H,35,40)(H,36,39). The van der Waals surface area contributed by atoms with Gasteiger partial charge in [-0.05, 0) is 68.5 Å². The number of anilines is 2. The Morgan fingerprint density at radius 1 is 0.829 bits per heavy atom. The van der Waals surface area contributed by atoms with Crippen LogP contribution in [0, 0.1) is 6.92 Å². The Morgan fingerprint density at radius 2 is 1.56 bits per heavy atom. The van der Waals surface area contributed by atoms with Gasteiger partial charge in [-0.1, -0.05) is 48.0 Å². The third-order valence-corrected chi connectivity index (χ3v) is 8.02. The maximum atomic E-state index is 13.2. The summed E-state index contributed by atoms with van der Waals surface area (Å²) in [4.78, 5) is 43.4. The number of benzene rings is 3. The van der Waals surface area contributed by atoms with Crippen LogP contribution in [0.2, 0.25) is 0 Å². The number of nitrogens with zero attached hydrogens (tertiary/aromatic N) is 2. The van der Waals surface area contributed by atoms with Crippen LogP contribution in [0.15, 0.2) is 72.8 Å². The van der Waals surface area contributed by atoms with Crippen LogP contribution in [-0.4, -0.2) is 60.9 Å². The summed E-state index contributed by atoms with van der Waals surface area (Å²) in [5, 5.41) is 6.22. The second-order valence-corrected chi connectivity index (χ2v) is 11.2. The van der Waals surface area contributed by atoms with Crippen molar-refractivity contribution in [2.24, 2.45) is 5.73 Å². The highest BCUT2D eigenvalue weighted by atomic mass is 16.2. The first-order valence-corrected chi connectivity index (χ1v) is 14.5. The Kier molecular flexibility index (Phi) is 8.99. The fraction of sp³-hybridized carbons (Fsp3) is 0.364. The van der Waals surface area contributed by atoms with E-state index in [2.05, 4.69) is 15.5 Å². The molecular formula is C33H39N5O3. The maximum Gasteiger partial charge on any atom is 0.253 e. The van der Waals surface area contributed by atoms with Gasteiger partial charge in [0.15, 0.2) is 0 Å². The lowest BCUT2D eigenvalue weighted by Gasteiger charge is -2.37. The predicted molar refractivity (Wildman–Crippen MR) is 162 cm³/mol. The fourth-order valence-corrected chi connectivity index (χ4v) is 5.67.